The van der Waals surface area contributed by atoms with Gasteiger partial charge in [-0.2, -0.15) is 0 Å². The van der Waals surface area contributed by atoms with Crippen LogP contribution in [0.3, 0.4) is 0 Å². The minimum atomic E-state index is -1.10. The van der Waals surface area contributed by atoms with Gasteiger partial charge in [-0.1, -0.05) is 0 Å². The number of likely N-dealkylation sites (tertiary alicyclic amines) is 1. The summed E-state index contributed by atoms with van der Waals surface area (Å²) in [6.45, 7) is 0.444. The predicted molar refractivity (Wildman–Crippen MR) is 89.2 cm³/mol. The number of carbonyl (C=O) groups is 3. The van der Waals surface area contributed by atoms with Crippen LogP contribution in [0.15, 0.2) is 24.4 Å². The van der Waals surface area contributed by atoms with Gasteiger partial charge < -0.3 is 20.5 Å². The van der Waals surface area contributed by atoms with Gasteiger partial charge in [0.1, 0.15) is 6.04 Å². The molecule has 0 saturated carbocycles. The third kappa shape index (κ3) is 2.85. The largest absolute Gasteiger partial charge is 0.480 e. The lowest BCUT2D eigenvalue weighted by Crippen LogP contribution is -2.44. The Morgan fingerprint density at radius 3 is 2.60 bits per heavy atom. The summed E-state index contributed by atoms with van der Waals surface area (Å²) in [4.78, 5) is 36.6. The zero-order valence-electron chi connectivity index (χ0n) is 13.7. The van der Waals surface area contributed by atoms with Gasteiger partial charge in [-0.15, -0.1) is 0 Å². The summed E-state index contributed by atoms with van der Waals surface area (Å²) in [5.74, 6) is -2.73. The number of carboxylic acid groups (broad SMARTS) is 2. The summed E-state index contributed by atoms with van der Waals surface area (Å²) >= 11 is 0. The first-order valence-corrected chi connectivity index (χ1v) is 7.91. The highest BCUT2D eigenvalue weighted by molar-refractivity contribution is 5.97. The molecule has 25 heavy (non-hydrogen) atoms. The molecule has 1 fully saturated rings. The molecule has 0 bridgehead atoms. The van der Waals surface area contributed by atoms with Gasteiger partial charge >= 0.3 is 11.9 Å². The van der Waals surface area contributed by atoms with Gasteiger partial charge in [-0.05, 0) is 31.0 Å². The molecule has 1 aliphatic heterocycles. The number of rotatable bonds is 5. The van der Waals surface area contributed by atoms with Gasteiger partial charge in [-0.3, -0.25) is 14.5 Å². The summed E-state index contributed by atoms with van der Waals surface area (Å²) in [7, 11) is 1.76. The number of nitrogens with zero attached hydrogens (tertiary/aromatic N) is 2. The molecular formula is C17H19N3O5. The molecule has 2 heterocycles. The van der Waals surface area contributed by atoms with Gasteiger partial charge in [0, 0.05) is 36.3 Å². The maximum Gasteiger partial charge on any atom is 0.335 e. The first-order chi connectivity index (χ1) is 11.8. The van der Waals surface area contributed by atoms with Crippen molar-refractivity contribution < 1.29 is 24.6 Å². The molecule has 1 saturated heterocycles. The Bertz CT molecular complexity index is 873. The smallest absolute Gasteiger partial charge is 0.335 e. The van der Waals surface area contributed by atoms with Crippen molar-refractivity contribution in [2.75, 3.05) is 6.54 Å². The van der Waals surface area contributed by atoms with E-state index in [0.29, 0.717) is 30.3 Å². The number of fused-ring (bicyclic) bond motifs is 1. The highest BCUT2D eigenvalue weighted by Gasteiger charge is 2.39. The van der Waals surface area contributed by atoms with Crippen molar-refractivity contribution in [2.45, 2.75) is 24.9 Å². The zero-order valence-corrected chi connectivity index (χ0v) is 13.7. The molecule has 3 rings (SSSR count). The fourth-order valence-electron chi connectivity index (χ4n) is 3.63. The van der Waals surface area contributed by atoms with E-state index in [0.717, 1.165) is 5.52 Å². The highest BCUT2D eigenvalue weighted by Crippen LogP contribution is 2.35. The molecule has 1 amide bonds. The van der Waals surface area contributed by atoms with Crippen molar-refractivity contribution in [3.63, 3.8) is 0 Å². The second kappa shape index (κ2) is 6.21. The maximum absolute atomic E-state index is 12.0. The number of aromatic carboxylic acids is 1. The number of aliphatic carboxylic acids is 1. The Balaban J connectivity index is 2.17. The normalized spacial score (nSPS) is 19.2. The predicted octanol–water partition coefficient (Wildman–Crippen LogP) is 0.952. The quantitative estimate of drug-likeness (QED) is 0.741. The average molecular weight is 345 g/mol. The lowest BCUT2D eigenvalue weighted by Gasteiger charge is -2.28. The van der Waals surface area contributed by atoms with Gasteiger partial charge in [-0.25, -0.2) is 4.79 Å². The van der Waals surface area contributed by atoms with Crippen LogP contribution in [-0.2, 0) is 16.6 Å². The molecule has 0 spiro atoms. The second-order valence-corrected chi connectivity index (χ2v) is 6.27. The number of carbonyl (C=O) groups excluding carboxylic acids is 1. The van der Waals surface area contributed by atoms with E-state index in [1.54, 1.807) is 28.8 Å². The van der Waals surface area contributed by atoms with Gasteiger partial charge in [0.2, 0.25) is 5.91 Å². The van der Waals surface area contributed by atoms with Crippen LogP contribution >= 0.6 is 0 Å². The Labute approximate surface area is 143 Å². The Morgan fingerprint density at radius 1 is 1.28 bits per heavy atom. The lowest BCUT2D eigenvalue weighted by atomic mass is 10.0. The van der Waals surface area contributed by atoms with E-state index in [1.807, 2.05) is 0 Å². The number of aryl methyl sites for hydroxylation is 1. The van der Waals surface area contributed by atoms with Crippen molar-refractivity contribution in [3.8, 4) is 0 Å². The Morgan fingerprint density at radius 2 is 2.00 bits per heavy atom. The molecule has 0 radical (unpaired) electrons. The summed E-state index contributed by atoms with van der Waals surface area (Å²) < 4.78 is 1.75. The minimum Gasteiger partial charge on any atom is -0.480 e. The third-order valence-electron chi connectivity index (χ3n) is 4.75. The van der Waals surface area contributed by atoms with E-state index in [-0.39, 0.29) is 5.56 Å². The van der Waals surface area contributed by atoms with Crippen molar-refractivity contribution in [1.82, 2.24) is 9.47 Å². The third-order valence-corrected chi connectivity index (χ3v) is 4.75. The van der Waals surface area contributed by atoms with Crippen LogP contribution in [0, 0.1) is 0 Å². The van der Waals surface area contributed by atoms with Crippen LogP contribution in [0.5, 0.6) is 0 Å². The standard InChI is InChI=1S/C17H19N3O5/c1-19-8-11(10-7-9(16(22)23)4-5-12(10)19)14(17(24)25)20-6-2-3-13(20)15(18)21/h4-5,7-8,13-14H,2-3,6H2,1H3,(H2,18,21)(H,22,23)(H,24,25)/t13-,14?/m0/s1. The van der Waals surface area contributed by atoms with Crippen LogP contribution in [0.2, 0.25) is 0 Å². The van der Waals surface area contributed by atoms with Crippen LogP contribution < -0.4 is 5.73 Å². The highest BCUT2D eigenvalue weighted by atomic mass is 16.4. The van der Waals surface area contributed by atoms with Crippen LogP contribution in [0.1, 0.15) is 34.8 Å². The molecule has 132 valence electrons. The number of carboxylic acids is 2. The minimum absolute atomic E-state index is 0.0805. The van der Waals surface area contributed by atoms with E-state index in [9.17, 15) is 24.6 Å². The number of amides is 1. The fraction of sp³-hybridized carbons (Fsp3) is 0.353. The molecule has 1 unspecified atom stereocenters. The van der Waals surface area contributed by atoms with Gasteiger partial charge in [0.15, 0.2) is 0 Å². The number of hydrogen-bond donors (Lipinski definition) is 3. The molecule has 2 aromatic rings. The summed E-state index contributed by atoms with van der Waals surface area (Å²) in [6.07, 6.45) is 2.87. The van der Waals surface area contributed by atoms with E-state index in [1.165, 1.54) is 12.1 Å². The average Bonchev–Trinajstić information content (AvgIpc) is 3.13. The maximum atomic E-state index is 12.0. The van der Waals surface area contributed by atoms with Crippen molar-refractivity contribution in [3.05, 3.63) is 35.5 Å². The van der Waals surface area contributed by atoms with E-state index >= 15 is 0 Å². The number of primary amides is 1. The first kappa shape index (κ1) is 17.0. The molecule has 1 aromatic carbocycles. The zero-order chi connectivity index (χ0) is 18.3. The monoisotopic (exact) mass is 345 g/mol. The van der Waals surface area contributed by atoms with Crippen LogP contribution in [0.4, 0.5) is 0 Å². The molecule has 2 atom stereocenters. The molecule has 8 heteroatoms. The number of hydrogen-bond acceptors (Lipinski definition) is 4. The van der Waals surface area contributed by atoms with Crippen LogP contribution in [-0.4, -0.2) is 50.1 Å². The van der Waals surface area contributed by atoms with Crippen LogP contribution in [0.25, 0.3) is 10.9 Å². The Kier molecular flexibility index (Phi) is 4.22. The molecule has 1 aromatic heterocycles. The van der Waals surface area contributed by atoms with E-state index < -0.39 is 29.9 Å². The summed E-state index contributed by atoms with van der Waals surface area (Å²) in [6, 6.07) is 2.90. The van der Waals surface area contributed by atoms with Crippen molar-refractivity contribution >= 4 is 28.7 Å². The molecule has 8 nitrogen and oxygen atoms in total. The summed E-state index contributed by atoms with van der Waals surface area (Å²) in [5.41, 5.74) is 6.69. The lowest BCUT2D eigenvalue weighted by molar-refractivity contribution is -0.144. The fourth-order valence-corrected chi connectivity index (χ4v) is 3.63. The number of nitrogens with two attached hydrogens (primary N) is 1. The first-order valence-electron chi connectivity index (χ1n) is 7.91. The summed E-state index contributed by atoms with van der Waals surface area (Å²) in [5, 5.41) is 19.6. The second-order valence-electron chi connectivity index (χ2n) is 6.27. The van der Waals surface area contributed by atoms with Gasteiger partial charge in [0.25, 0.3) is 0 Å². The number of benzene rings is 1. The SMILES string of the molecule is Cn1cc(C(C(=O)O)N2CCC[C@H]2C(N)=O)c2cc(C(=O)O)ccc21. The molecule has 4 N–H and O–H groups in total. The topological polar surface area (TPSA) is 126 Å². The Hall–Kier alpha value is -2.87. The molecular weight excluding hydrogens is 326 g/mol. The van der Waals surface area contributed by atoms with E-state index in [2.05, 4.69) is 0 Å². The van der Waals surface area contributed by atoms with Gasteiger partial charge in [0.05, 0.1) is 11.6 Å². The van der Waals surface area contributed by atoms with Crippen molar-refractivity contribution in [1.29, 1.82) is 0 Å². The molecule has 0 aliphatic carbocycles. The van der Waals surface area contributed by atoms with E-state index in [4.69, 9.17) is 5.73 Å². The van der Waals surface area contributed by atoms with Crippen molar-refractivity contribution in [2.24, 2.45) is 12.8 Å². The molecule has 1 aliphatic rings. The number of aromatic nitrogens is 1.